The van der Waals surface area contributed by atoms with Gasteiger partial charge in [-0.2, -0.15) is 4.98 Å². The van der Waals surface area contributed by atoms with Crippen molar-refractivity contribution in [2.24, 2.45) is 0 Å². The summed E-state index contributed by atoms with van der Waals surface area (Å²) < 4.78 is 5.05. The predicted molar refractivity (Wildman–Crippen MR) is 59.0 cm³/mol. The van der Waals surface area contributed by atoms with Gasteiger partial charge >= 0.3 is 0 Å². The van der Waals surface area contributed by atoms with Crippen LogP contribution in [0.1, 0.15) is 0 Å². The van der Waals surface area contributed by atoms with Gasteiger partial charge in [-0.3, -0.25) is 0 Å². The Labute approximate surface area is 96.0 Å². The molecule has 0 bridgehead atoms. The maximum Gasteiger partial charge on any atom is 0.280 e. The van der Waals surface area contributed by atoms with Crippen molar-refractivity contribution in [3.63, 3.8) is 0 Å². The Kier molecular flexibility index (Phi) is 2.11. The van der Waals surface area contributed by atoms with Gasteiger partial charge in [0.25, 0.3) is 5.89 Å². The van der Waals surface area contributed by atoms with Crippen LogP contribution in [0.5, 0.6) is 5.75 Å². The van der Waals surface area contributed by atoms with E-state index in [2.05, 4.69) is 20.1 Å². The molecule has 0 spiro atoms. The fourth-order valence-electron chi connectivity index (χ4n) is 1.46. The molecule has 0 aromatic carbocycles. The van der Waals surface area contributed by atoms with Gasteiger partial charge in [0, 0.05) is 12.4 Å². The van der Waals surface area contributed by atoms with Crippen LogP contribution in [0.4, 0.5) is 0 Å². The Balaban J connectivity index is 2.04. The second-order valence-corrected chi connectivity index (χ2v) is 3.38. The van der Waals surface area contributed by atoms with Crippen molar-refractivity contribution in [1.82, 2.24) is 20.1 Å². The molecular formula is C11H8N4O2. The smallest absolute Gasteiger partial charge is 0.280 e. The van der Waals surface area contributed by atoms with Gasteiger partial charge in [0.1, 0.15) is 5.75 Å². The first-order valence-corrected chi connectivity index (χ1v) is 4.96. The number of nitrogens with one attached hydrogen (secondary N) is 1. The molecule has 0 amide bonds. The van der Waals surface area contributed by atoms with E-state index < -0.39 is 0 Å². The Morgan fingerprint density at radius 2 is 2.18 bits per heavy atom. The van der Waals surface area contributed by atoms with E-state index in [9.17, 15) is 5.11 Å². The van der Waals surface area contributed by atoms with Gasteiger partial charge in [-0.15, -0.1) is 0 Å². The van der Waals surface area contributed by atoms with Crippen LogP contribution in [0, 0.1) is 0 Å². The van der Waals surface area contributed by atoms with Crippen LogP contribution in [0.2, 0.25) is 0 Å². The molecule has 84 valence electrons. The van der Waals surface area contributed by atoms with Crippen molar-refractivity contribution in [1.29, 1.82) is 0 Å². The maximum absolute atomic E-state index is 9.61. The first-order chi connectivity index (χ1) is 8.34. The average Bonchev–Trinajstić information content (AvgIpc) is 3.00. The van der Waals surface area contributed by atoms with E-state index in [0.717, 1.165) is 5.69 Å². The highest BCUT2D eigenvalue weighted by molar-refractivity contribution is 5.59. The fraction of sp³-hybridized carbons (Fsp3) is 0. The lowest BCUT2D eigenvalue weighted by molar-refractivity contribution is 0.423. The van der Waals surface area contributed by atoms with Gasteiger partial charge in [-0.1, -0.05) is 5.16 Å². The van der Waals surface area contributed by atoms with E-state index in [4.69, 9.17) is 4.52 Å². The Morgan fingerprint density at radius 3 is 2.94 bits per heavy atom. The minimum atomic E-state index is 0.00851. The molecule has 0 saturated heterocycles. The van der Waals surface area contributed by atoms with Crippen LogP contribution in [-0.2, 0) is 0 Å². The largest absolute Gasteiger partial charge is 0.505 e. The molecule has 3 heterocycles. The second kappa shape index (κ2) is 3.75. The van der Waals surface area contributed by atoms with Gasteiger partial charge in [0.15, 0.2) is 5.69 Å². The molecule has 2 N–H and O–H groups in total. The third kappa shape index (κ3) is 1.65. The standard InChI is InChI=1S/C11H8N4O2/c16-8-4-2-6-13-9(8)11-14-10(15-17-11)7-3-1-5-12-7/h1-6,12,16H. The van der Waals surface area contributed by atoms with Crippen molar-refractivity contribution in [3.8, 4) is 28.9 Å². The van der Waals surface area contributed by atoms with Crippen LogP contribution in [0.15, 0.2) is 41.2 Å². The first-order valence-electron chi connectivity index (χ1n) is 4.96. The van der Waals surface area contributed by atoms with E-state index in [1.165, 1.54) is 6.07 Å². The Bertz CT molecular complexity index is 630. The number of pyridine rings is 1. The van der Waals surface area contributed by atoms with E-state index >= 15 is 0 Å². The monoisotopic (exact) mass is 228 g/mol. The highest BCUT2D eigenvalue weighted by Gasteiger charge is 2.14. The zero-order chi connectivity index (χ0) is 11.7. The van der Waals surface area contributed by atoms with Gasteiger partial charge in [0.05, 0.1) is 5.69 Å². The van der Waals surface area contributed by atoms with Crippen molar-refractivity contribution >= 4 is 0 Å². The van der Waals surface area contributed by atoms with Gasteiger partial charge < -0.3 is 14.6 Å². The number of hydrogen-bond donors (Lipinski definition) is 2. The number of aromatic amines is 1. The summed E-state index contributed by atoms with van der Waals surface area (Å²) in [6.45, 7) is 0. The number of aromatic nitrogens is 4. The summed E-state index contributed by atoms with van der Waals surface area (Å²) in [7, 11) is 0. The Morgan fingerprint density at radius 1 is 1.24 bits per heavy atom. The van der Waals surface area contributed by atoms with E-state index in [-0.39, 0.29) is 17.3 Å². The summed E-state index contributed by atoms with van der Waals surface area (Å²) in [5, 5.41) is 13.4. The van der Waals surface area contributed by atoms with Crippen LogP contribution in [-0.4, -0.2) is 25.2 Å². The maximum atomic E-state index is 9.61. The molecule has 0 atom stereocenters. The van der Waals surface area contributed by atoms with Crippen molar-refractivity contribution < 1.29 is 9.63 Å². The molecule has 6 heteroatoms. The number of H-pyrrole nitrogens is 1. The molecule has 17 heavy (non-hydrogen) atoms. The number of nitrogens with zero attached hydrogens (tertiary/aromatic N) is 3. The highest BCUT2D eigenvalue weighted by atomic mass is 16.5. The molecule has 6 nitrogen and oxygen atoms in total. The highest BCUT2D eigenvalue weighted by Crippen LogP contribution is 2.26. The molecule has 0 aliphatic carbocycles. The minimum absolute atomic E-state index is 0.00851. The fourth-order valence-corrected chi connectivity index (χ4v) is 1.46. The molecule has 0 saturated carbocycles. The SMILES string of the molecule is Oc1cccnc1-c1nc(-c2ccc[nH]2)no1. The second-order valence-electron chi connectivity index (χ2n) is 3.38. The van der Waals surface area contributed by atoms with E-state index in [0.29, 0.717) is 5.82 Å². The summed E-state index contributed by atoms with van der Waals surface area (Å²) in [5.41, 5.74) is 1.02. The summed E-state index contributed by atoms with van der Waals surface area (Å²) in [6.07, 6.45) is 3.32. The van der Waals surface area contributed by atoms with Crippen LogP contribution in [0.3, 0.4) is 0 Å². The molecule has 0 fully saturated rings. The normalized spacial score (nSPS) is 10.6. The van der Waals surface area contributed by atoms with Crippen LogP contribution >= 0.6 is 0 Å². The molecule has 3 aromatic heterocycles. The average molecular weight is 228 g/mol. The Hall–Kier alpha value is -2.63. The minimum Gasteiger partial charge on any atom is -0.505 e. The van der Waals surface area contributed by atoms with E-state index in [1.807, 2.05) is 12.1 Å². The molecule has 3 rings (SSSR count). The molecule has 0 aliphatic rings. The van der Waals surface area contributed by atoms with Gasteiger partial charge in [0.2, 0.25) is 5.82 Å². The predicted octanol–water partition coefficient (Wildman–Crippen LogP) is 1.83. The third-order valence-corrected chi connectivity index (χ3v) is 2.25. The molecule has 3 aromatic rings. The topological polar surface area (TPSA) is 87.8 Å². The van der Waals surface area contributed by atoms with Gasteiger partial charge in [-0.25, -0.2) is 4.98 Å². The van der Waals surface area contributed by atoms with Crippen molar-refractivity contribution in [2.75, 3.05) is 0 Å². The quantitative estimate of drug-likeness (QED) is 0.698. The van der Waals surface area contributed by atoms with Crippen molar-refractivity contribution in [3.05, 3.63) is 36.7 Å². The lowest BCUT2D eigenvalue weighted by Gasteiger charge is -1.95. The zero-order valence-corrected chi connectivity index (χ0v) is 8.66. The van der Waals surface area contributed by atoms with Gasteiger partial charge in [-0.05, 0) is 24.3 Å². The molecule has 0 aliphatic heterocycles. The van der Waals surface area contributed by atoms with E-state index in [1.54, 1.807) is 18.5 Å². The zero-order valence-electron chi connectivity index (χ0n) is 8.66. The summed E-state index contributed by atoms with van der Waals surface area (Å²) in [4.78, 5) is 11.1. The third-order valence-electron chi connectivity index (χ3n) is 2.25. The lowest BCUT2D eigenvalue weighted by atomic mass is 10.3. The summed E-state index contributed by atoms with van der Waals surface area (Å²) in [5.74, 6) is 0.622. The lowest BCUT2D eigenvalue weighted by Crippen LogP contribution is -1.84. The number of rotatable bonds is 2. The number of aromatic hydroxyl groups is 1. The molecule has 0 unspecified atom stereocenters. The van der Waals surface area contributed by atoms with Crippen LogP contribution in [0.25, 0.3) is 23.1 Å². The van der Waals surface area contributed by atoms with Crippen molar-refractivity contribution in [2.45, 2.75) is 0 Å². The molecule has 0 radical (unpaired) electrons. The summed E-state index contributed by atoms with van der Waals surface area (Å²) >= 11 is 0. The summed E-state index contributed by atoms with van der Waals surface area (Å²) in [6, 6.07) is 6.80. The van der Waals surface area contributed by atoms with Crippen LogP contribution < -0.4 is 0 Å². The first kappa shape index (κ1) is 9.59. The molecular weight excluding hydrogens is 220 g/mol. The number of hydrogen-bond acceptors (Lipinski definition) is 5.